The molecule has 0 aromatic heterocycles. The number of para-hydroxylation sites is 1. The molecule has 0 bridgehead atoms. The molecule has 3 heteroatoms. The monoisotopic (exact) mass is 259 g/mol. The molecule has 0 amide bonds. The Labute approximate surface area is 116 Å². The summed E-state index contributed by atoms with van der Waals surface area (Å²) < 4.78 is 0. The van der Waals surface area contributed by atoms with Crippen molar-refractivity contribution in [3.8, 4) is 0 Å². The molecule has 2 aliphatic heterocycles. The molecular weight excluding hydrogens is 234 g/mol. The predicted octanol–water partition coefficient (Wildman–Crippen LogP) is 2.08. The van der Waals surface area contributed by atoms with Crippen molar-refractivity contribution < 1.29 is 0 Å². The molecule has 19 heavy (non-hydrogen) atoms. The van der Waals surface area contributed by atoms with E-state index in [1.165, 1.54) is 56.7 Å². The lowest BCUT2D eigenvalue weighted by Crippen LogP contribution is -2.43. The fraction of sp³-hybridized carbons (Fsp3) is 0.625. The van der Waals surface area contributed by atoms with Gasteiger partial charge in [-0.3, -0.25) is 4.90 Å². The number of nitrogens with zero attached hydrogens (tertiary/aromatic N) is 2. The molecule has 0 atom stereocenters. The van der Waals surface area contributed by atoms with E-state index in [-0.39, 0.29) is 0 Å². The third kappa shape index (κ3) is 3.28. The topological polar surface area (TPSA) is 18.5 Å². The van der Waals surface area contributed by atoms with Crippen LogP contribution in [0.4, 0.5) is 5.69 Å². The summed E-state index contributed by atoms with van der Waals surface area (Å²) in [5.74, 6) is 0. The van der Waals surface area contributed by atoms with Crippen LogP contribution in [0, 0.1) is 0 Å². The van der Waals surface area contributed by atoms with Crippen molar-refractivity contribution in [3.05, 3.63) is 29.8 Å². The molecule has 1 aromatic carbocycles. The predicted molar refractivity (Wildman–Crippen MR) is 80.7 cm³/mol. The molecule has 1 N–H and O–H groups in total. The van der Waals surface area contributed by atoms with Gasteiger partial charge in [0.1, 0.15) is 0 Å². The zero-order valence-corrected chi connectivity index (χ0v) is 11.8. The molecule has 3 rings (SSSR count). The minimum Gasteiger partial charge on any atom is -0.371 e. The van der Waals surface area contributed by atoms with Crippen molar-refractivity contribution in [2.45, 2.75) is 25.8 Å². The maximum Gasteiger partial charge on any atom is 0.0411 e. The highest BCUT2D eigenvalue weighted by atomic mass is 15.2. The van der Waals surface area contributed by atoms with E-state index in [1.54, 1.807) is 0 Å². The van der Waals surface area contributed by atoms with Gasteiger partial charge in [-0.1, -0.05) is 18.2 Å². The summed E-state index contributed by atoms with van der Waals surface area (Å²) in [4.78, 5) is 5.15. The third-order valence-corrected chi connectivity index (χ3v) is 4.29. The Kier molecular flexibility index (Phi) is 4.36. The molecule has 0 aliphatic carbocycles. The Balaban J connectivity index is 1.72. The highest BCUT2D eigenvalue weighted by Crippen LogP contribution is 2.25. The van der Waals surface area contributed by atoms with Gasteiger partial charge in [-0.2, -0.15) is 0 Å². The Morgan fingerprint density at radius 2 is 1.63 bits per heavy atom. The first kappa shape index (κ1) is 12.9. The SMILES string of the molecule is c1ccc(N2CCCCC2)c(CN2CCNCC2)c1. The number of benzene rings is 1. The first-order valence-electron chi connectivity index (χ1n) is 7.69. The molecule has 104 valence electrons. The number of nitrogens with one attached hydrogen (secondary N) is 1. The molecule has 2 fully saturated rings. The summed E-state index contributed by atoms with van der Waals surface area (Å²) in [6.45, 7) is 8.19. The van der Waals surface area contributed by atoms with Gasteiger partial charge in [0, 0.05) is 51.5 Å². The van der Waals surface area contributed by atoms with Crippen molar-refractivity contribution in [1.29, 1.82) is 0 Å². The zero-order valence-electron chi connectivity index (χ0n) is 11.8. The quantitative estimate of drug-likeness (QED) is 0.896. The highest BCUT2D eigenvalue weighted by Gasteiger charge is 2.16. The van der Waals surface area contributed by atoms with Crippen molar-refractivity contribution in [1.82, 2.24) is 10.2 Å². The van der Waals surface area contributed by atoms with Crippen LogP contribution in [0.3, 0.4) is 0 Å². The van der Waals surface area contributed by atoms with Gasteiger partial charge >= 0.3 is 0 Å². The Morgan fingerprint density at radius 1 is 0.895 bits per heavy atom. The summed E-state index contributed by atoms with van der Waals surface area (Å²) >= 11 is 0. The second-order valence-electron chi connectivity index (χ2n) is 5.70. The molecule has 2 heterocycles. The molecular formula is C16H25N3. The average molecular weight is 259 g/mol. The molecule has 0 unspecified atom stereocenters. The number of piperidine rings is 1. The van der Waals surface area contributed by atoms with Crippen molar-refractivity contribution in [3.63, 3.8) is 0 Å². The van der Waals surface area contributed by atoms with Crippen LogP contribution in [-0.4, -0.2) is 44.2 Å². The maximum atomic E-state index is 3.43. The fourth-order valence-electron chi connectivity index (χ4n) is 3.20. The number of hydrogen-bond donors (Lipinski definition) is 1. The molecule has 2 aliphatic rings. The summed E-state index contributed by atoms with van der Waals surface area (Å²) in [6.07, 6.45) is 4.10. The van der Waals surface area contributed by atoms with Crippen LogP contribution in [0.1, 0.15) is 24.8 Å². The van der Waals surface area contributed by atoms with Crippen molar-refractivity contribution in [2.75, 3.05) is 44.2 Å². The maximum absolute atomic E-state index is 3.43. The van der Waals surface area contributed by atoms with E-state index in [2.05, 4.69) is 39.4 Å². The highest BCUT2D eigenvalue weighted by molar-refractivity contribution is 5.53. The number of anilines is 1. The van der Waals surface area contributed by atoms with E-state index < -0.39 is 0 Å². The second-order valence-corrected chi connectivity index (χ2v) is 5.70. The molecule has 1 aromatic rings. The molecule has 0 saturated carbocycles. The Hall–Kier alpha value is -1.06. The summed E-state index contributed by atoms with van der Waals surface area (Å²) in [5.41, 5.74) is 2.98. The second kappa shape index (κ2) is 6.40. The largest absolute Gasteiger partial charge is 0.371 e. The van der Waals surface area contributed by atoms with Crippen LogP contribution in [-0.2, 0) is 6.54 Å². The van der Waals surface area contributed by atoms with Gasteiger partial charge in [-0.25, -0.2) is 0 Å². The number of rotatable bonds is 3. The lowest BCUT2D eigenvalue weighted by molar-refractivity contribution is 0.233. The van der Waals surface area contributed by atoms with Gasteiger partial charge in [-0.05, 0) is 30.9 Å². The lowest BCUT2D eigenvalue weighted by atomic mass is 10.1. The summed E-state index contributed by atoms with van der Waals surface area (Å²) in [7, 11) is 0. The fourth-order valence-corrected chi connectivity index (χ4v) is 3.20. The van der Waals surface area contributed by atoms with E-state index in [1.807, 2.05) is 0 Å². The van der Waals surface area contributed by atoms with Crippen molar-refractivity contribution in [2.24, 2.45) is 0 Å². The zero-order chi connectivity index (χ0) is 12.9. The first-order valence-corrected chi connectivity index (χ1v) is 7.69. The summed E-state index contributed by atoms with van der Waals surface area (Å²) in [6, 6.07) is 8.99. The van der Waals surface area contributed by atoms with Gasteiger partial charge < -0.3 is 10.2 Å². The van der Waals surface area contributed by atoms with Crippen LogP contribution < -0.4 is 10.2 Å². The van der Waals surface area contributed by atoms with Crippen LogP contribution in [0.25, 0.3) is 0 Å². The van der Waals surface area contributed by atoms with E-state index in [9.17, 15) is 0 Å². The van der Waals surface area contributed by atoms with Crippen LogP contribution in [0.2, 0.25) is 0 Å². The Bertz CT molecular complexity index is 393. The number of piperazine rings is 1. The first-order chi connectivity index (χ1) is 9.43. The summed E-state index contributed by atoms with van der Waals surface area (Å²) in [5, 5.41) is 3.43. The average Bonchev–Trinajstić information content (AvgIpc) is 2.50. The van der Waals surface area contributed by atoms with Crippen LogP contribution >= 0.6 is 0 Å². The minimum atomic E-state index is 1.11. The standard InChI is InChI=1S/C16H25N3/c1-4-10-19(11-5-1)16-7-3-2-6-15(16)14-18-12-8-17-9-13-18/h2-3,6-7,17H,1,4-5,8-14H2. The van der Waals surface area contributed by atoms with Crippen molar-refractivity contribution >= 4 is 5.69 Å². The lowest BCUT2D eigenvalue weighted by Gasteiger charge is -2.33. The molecule has 0 spiro atoms. The minimum absolute atomic E-state index is 1.11. The van der Waals surface area contributed by atoms with Crippen LogP contribution in [0.15, 0.2) is 24.3 Å². The van der Waals surface area contributed by atoms with Gasteiger partial charge in [0.2, 0.25) is 0 Å². The smallest absolute Gasteiger partial charge is 0.0411 e. The Morgan fingerprint density at radius 3 is 2.42 bits per heavy atom. The van der Waals surface area contributed by atoms with Gasteiger partial charge in [0.25, 0.3) is 0 Å². The van der Waals surface area contributed by atoms with E-state index >= 15 is 0 Å². The van der Waals surface area contributed by atoms with Crippen LogP contribution in [0.5, 0.6) is 0 Å². The normalized spacial score (nSPS) is 21.6. The van der Waals surface area contributed by atoms with E-state index in [4.69, 9.17) is 0 Å². The molecule has 2 saturated heterocycles. The van der Waals surface area contributed by atoms with Gasteiger partial charge in [0.05, 0.1) is 0 Å². The molecule has 0 radical (unpaired) electrons. The van der Waals surface area contributed by atoms with Gasteiger partial charge in [0.15, 0.2) is 0 Å². The van der Waals surface area contributed by atoms with E-state index in [0.717, 1.165) is 19.6 Å². The van der Waals surface area contributed by atoms with E-state index in [0.29, 0.717) is 0 Å². The third-order valence-electron chi connectivity index (χ3n) is 4.29. The number of hydrogen-bond acceptors (Lipinski definition) is 3. The van der Waals surface area contributed by atoms with Gasteiger partial charge in [-0.15, -0.1) is 0 Å². The molecule has 3 nitrogen and oxygen atoms in total.